The lowest BCUT2D eigenvalue weighted by molar-refractivity contribution is -0.138. The summed E-state index contributed by atoms with van der Waals surface area (Å²) in [5, 5.41) is 2.61. The van der Waals surface area contributed by atoms with Crippen LogP contribution in [-0.2, 0) is 6.18 Å². The number of nitrogens with zero attached hydrogens (tertiary/aromatic N) is 1. The molecule has 0 aliphatic rings. The Hall–Kier alpha value is -2.25. The van der Waals surface area contributed by atoms with Gasteiger partial charge in [0.05, 0.1) is 22.5 Å². The molecule has 0 aliphatic carbocycles. The molecule has 1 rings (SSSR count). The smallest absolute Gasteiger partial charge is 0.322 e. The summed E-state index contributed by atoms with van der Waals surface area (Å²) in [7, 11) is 0. The summed E-state index contributed by atoms with van der Waals surface area (Å²) in [5.74, 6) is -4.19. The van der Waals surface area contributed by atoms with E-state index < -0.39 is 35.9 Å². The second-order valence-corrected chi connectivity index (χ2v) is 7.51. The zero-order valence-corrected chi connectivity index (χ0v) is 20.9. The lowest BCUT2D eigenvalue weighted by atomic mass is 9.87. The van der Waals surface area contributed by atoms with Crippen molar-refractivity contribution in [2.45, 2.75) is 99.1 Å². The van der Waals surface area contributed by atoms with Gasteiger partial charge in [-0.05, 0) is 52.2 Å². The molecule has 0 saturated heterocycles. The lowest BCUT2D eigenvalue weighted by Gasteiger charge is -2.25. The van der Waals surface area contributed by atoms with Crippen molar-refractivity contribution in [3.8, 4) is 0 Å². The summed E-state index contributed by atoms with van der Waals surface area (Å²) in [6, 6.07) is 0. The van der Waals surface area contributed by atoms with E-state index in [2.05, 4.69) is 10.3 Å². The topological polar surface area (TPSA) is 42.0 Å². The van der Waals surface area contributed by atoms with E-state index in [4.69, 9.17) is 0 Å². The monoisotopic (exact) mass is 476 g/mol. The molecular formula is C25H37F5N2O. The number of allylic oxidation sites excluding steroid dienone is 3. The third-order valence-corrected chi connectivity index (χ3v) is 5.34. The third-order valence-electron chi connectivity index (χ3n) is 5.34. The molecule has 1 aromatic rings. The van der Waals surface area contributed by atoms with Crippen molar-refractivity contribution < 1.29 is 26.7 Å². The van der Waals surface area contributed by atoms with Crippen LogP contribution in [0.15, 0.2) is 23.9 Å². The number of hydrogen-bond acceptors (Lipinski definition) is 2. The second-order valence-electron chi connectivity index (χ2n) is 7.51. The maximum Gasteiger partial charge on any atom is 0.418 e. The third kappa shape index (κ3) is 8.55. The van der Waals surface area contributed by atoms with Crippen LogP contribution in [0.3, 0.4) is 0 Å². The molecule has 0 aliphatic heterocycles. The lowest BCUT2D eigenvalue weighted by Crippen LogP contribution is -2.28. The van der Waals surface area contributed by atoms with Gasteiger partial charge in [0.25, 0.3) is 5.91 Å². The highest BCUT2D eigenvalue weighted by Crippen LogP contribution is 2.39. The molecule has 0 saturated carbocycles. The van der Waals surface area contributed by atoms with E-state index in [0.717, 1.165) is 0 Å². The number of amides is 1. The Labute approximate surface area is 194 Å². The van der Waals surface area contributed by atoms with Crippen LogP contribution in [-0.4, -0.2) is 16.8 Å². The molecule has 1 N–H and O–H groups in total. The van der Waals surface area contributed by atoms with Crippen LogP contribution in [0.2, 0.25) is 0 Å². The SMILES string of the molecule is C/C=C\C(=C/C)NC(=O)c1c(C(CC)CCC(F)(F)CC)nc(C)c(C(F)(F)F)c1C.CC. The van der Waals surface area contributed by atoms with E-state index in [9.17, 15) is 26.7 Å². The van der Waals surface area contributed by atoms with E-state index in [0.29, 0.717) is 12.1 Å². The molecule has 1 atom stereocenters. The number of carbonyl (C=O) groups excluding carboxylic acids is 1. The number of nitrogens with one attached hydrogen (secondary N) is 1. The summed E-state index contributed by atoms with van der Waals surface area (Å²) in [6.45, 7) is 13.0. The Morgan fingerprint density at radius 3 is 2.09 bits per heavy atom. The van der Waals surface area contributed by atoms with Crippen LogP contribution in [0.25, 0.3) is 0 Å². The summed E-state index contributed by atoms with van der Waals surface area (Å²) >= 11 is 0. The van der Waals surface area contributed by atoms with Crippen LogP contribution < -0.4 is 5.32 Å². The molecule has 0 bridgehead atoms. The highest BCUT2D eigenvalue weighted by molar-refractivity contribution is 5.98. The fraction of sp³-hybridized carbons (Fsp3) is 0.600. The first-order chi connectivity index (χ1) is 15.3. The van der Waals surface area contributed by atoms with Crippen LogP contribution in [0.5, 0.6) is 0 Å². The molecule has 1 amide bonds. The maximum absolute atomic E-state index is 13.8. The number of aryl methyl sites for hydroxylation is 1. The van der Waals surface area contributed by atoms with Gasteiger partial charge in [0.1, 0.15) is 0 Å². The summed E-state index contributed by atoms with van der Waals surface area (Å²) in [5.41, 5.74) is -1.14. The van der Waals surface area contributed by atoms with Gasteiger partial charge < -0.3 is 5.32 Å². The van der Waals surface area contributed by atoms with Gasteiger partial charge in [-0.25, -0.2) is 8.78 Å². The van der Waals surface area contributed by atoms with Crippen LogP contribution in [0.1, 0.15) is 106 Å². The van der Waals surface area contributed by atoms with Gasteiger partial charge in [-0.2, -0.15) is 13.2 Å². The Kier molecular flexibility index (Phi) is 12.5. The zero-order chi connectivity index (χ0) is 26.0. The molecule has 1 aromatic heterocycles. The van der Waals surface area contributed by atoms with Crippen LogP contribution in [0, 0.1) is 13.8 Å². The predicted octanol–water partition coefficient (Wildman–Crippen LogP) is 8.27. The average molecular weight is 477 g/mol. The highest BCUT2D eigenvalue weighted by atomic mass is 19.4. The molecule has 0 spiro atoms. The first-order valence-electron chi connectivity index (χ1n) is 11.4. The Morgan fingerprint density at radius 1 is 1.09 bits per heavy atom. The van der Waals surface area contributed by atoms with Crippen LogP contribution >= 0.6 is 0 Å². The zero-order valence-electron chi connectivity index (χ0n) is 20.9. The molecule has 3 nitrogen and oxygen atoms in total. The maximum atomic E-state index is 13.8. The molecule has 0 radical (unpaired) electrons. The number of hydrogen-bond donors (Lipinski definition) is 1. The predicted molar refractivity (Wildman–Crippen MR) is 124 cm³/mol. The fourth-order valence-corrected chi connectivity index (χ4v) is 3.56. The minimum atomic E-state index is -4.70. The van der Waals surface area contributed by atoms with E-state index >= 15 is 0 Å². The molecular weight excluding hydrogens is 439 g/mol. The van der Waals surface area contributed by atoms with Gasteiger partial charge in [0.2, 0.25) is 5.92 Å². The molecule has 8 heteroatoms. The van der Waals surface area contributed by atoms with Gasteiger partial charge in [-0.15, -0.1) is 0 Å². The number of pyridine rings is 1. The number of aromatic nitrogens is 1. The quantitative estimate of drug-likeness (QED) is 0.288. The van der Waals surface area contributed by atoms with Crippen molar-refractivity contribution in [1.82, 2.24) is 10.3 Å². The Balaban J connectivity index is 0.00000497. The van der Waals surface area contributed by atoms with Crippen molar-refractivity contribution in [2.75, 3.05) is 0 Å². The van der Waals surface area contributed by atoms with Crippen molar-refractivity contribution >= 4 is 5.91 Å². The average Bonchev–Trinajstić information content (AvgIpc) is 2.73. The van der Waals surface area contributed by atoms with E-state index in [1.165, 1.54) is 20.8 Å². The molecule has 0 aromatic carbocycles. The van der Waals surface area contributed by atoms with Crippen molar-refractivity contribution in [3.63, 3.8) is 0 Å². The van der Waals surface area contributed by atoms with Gasteiger partial charge in [0.15, 0.2) is 0 Å². The first kappa shape index (κ1) is 30.8. The Bertz CT molecular complexity index is 842. The van der Waals surface area contributed by atoms with Gasteiger partial charge in [-0.1, -0.05) is 39.8 Å². The molecule has 1 unspecified atom stereocenters. The molecule has 1 heterocycles. The van der Waals surface area contributed by atoms with Gasteiger partial charge in [0, 0.05) is 24.5 Å². The number of halogens is 5. The van der Waals surface area contributed by atoms with Crippen molar-refractivity contribution in [3.05, 3.63) is 52.0 Å². The summed E-state index contributed by atoms with van der Waals surface area (Å²) in [4.78, 5) is 17.2. The minimum absolute atomic E-state index is 0.0141. The molecule has 188 valence electrons. The Morgan fingerprint density at radius 2 is 1.67 bits per heavy atom. The largest absolute Gasteiger partial charge is 0.418 e. The second kappa shape index (κ2) is 13.5. The molecule has 0 fully saturated rings. The number of rotatable bonds is 9. The van der Waals surface area contributed by atoms with Crippen LogP contribution in [0.4, 0.5) is 22.0 Å². The van der Waals surface area contributed by atoms with E-state index in [-0.39, 0.29) is 35.4 Å². The normalized spacial score (nSPS) is 13.5. The summed E-state index contributed by atoms with van der Waals surface area (Å²) in [6.07, 6.45) is -0.177. The van der Waals surface area contributed by atoms with Gasteiger partial charge in [-0.3, -0.25) is 9.78 Å². The standard InChI is InChI=1S/C23H31F5N2O.C2H6/c1-7-11-17(9-3)30-21(31)18-14(5)19(23(26,27)28)15(6)29-20(18)16(8-2)12-13-22(24,25)10-4;1-2/h7,9,11,16H,8,10,12-13H2,1-6H3,(H,30,31);1-2H3/b11-7-,17-9+;. The van der Waals surface area contributed by atoms with Crippen molar-refractivity contribution in [2.24, 2.45) is 0 Å². The van der Waals surface area contributed by atoms with E-state index in [1.54, 1.807) is 39.0 Å². The fourth-order valence-electron chi connectivity index (χ4n) is 3.56. The van der Waals surface area contributed by atoms with Crippen molar-refractivity contribution in [1.29, 1.82) is 0 Å². The van der Waals surface area contributed by atoms with Gasteiger partial charge >= 0.3 is 6.18 Å². The highest BCUT2D eigenvalue weighted by Gasteiger charge is 2.39. The minimum Gasteiger partial charge on any atom is -0.322 e. The van der Waals surface area contributed by atoms with E-state index in [1.807, 2.05) is 13.8 Å². The number of carbonyl (C=O) groups is 1. The summed E-state index contributed by atoms with van der Waals surface area (Å²) < 4.78 is 68.7. The first-order valence-corrected chi connectivity index (χ1v) is 11.4. The molecule has 33 heavy (non-hydrogen) atoms. The number of alkyl halides is 5.